The van der Waals surface area contributed by atoms with E-state index in [1.807, 2.05) is 72.3 Å². The monoisotopic (exact) mass is 391 g/mol. The minimum absolute atomic E-state index is 0.242. The van der Waals surface area contributed by atoms with E-state index < -0.39 is 0 Å². The summed E-state index contributed by atoms with van der Waals surface area (Å²) in [6.45, 7) is 2.72. The largest absolute Gasteiger partial charge is 0.345 e. The Morgan fingerprint density at radius 3 is 2.57 bits per heavy atom. The number of para-hydroxylation sites is 1. The molecule has 0 unspecified atom stereocenters. The Balaban J connectivity index is 1.59. The molecule has 28 heavy (non-hydrogen) atoms. The molecule has 0 saturated carbocycles. The molecule has 0 atom stereocenters. The highest BCUT2D eigenvalue weighted by Crippen LogP contribution is 2.20. The summed E-state index contributed by atoms with van der Waals surface area (Å²) in [5.41, 5.74) is 3.88. The molecule has 1 amide bonds. The van der Waals surface area contributed by atoms with Crippen molar-refractivity contribution in [3.63, 3.8) is 0 Å². The predicted molar refractivity (Wildman–Crippen MR) is 108 cm³/mol. The summed E-state index contributed by atoms with van der Waals surface area (Å²) in [6, 6.07) is 19.0. The molecule has 0 fully saturated rings. The summed E-state index contributed by atoms with van der Waals surface area (Å²) in [7, 11) is 0. The van der Waals surface area contributed by atoms with Gasteiger partial charge in [-0.1, -0.05) is 41.9 Å². The fourth-order valence-corrected chi connectivity index (χ4v) is 3.08. The number of nitrogens with one attached hydrogen (secondary N) is 1. The van der Waals surface area contributed by atoms with E-state index >= 15 is 0 Å². The van der Waals surface area contributed by atoms with Gasteiger partial charge in [0.25, 0.3) is 5.91 Å². The molecule has 6 nitrogen and oxygen atoms in total. The Hall–Kier alpha value is -3.25. The summed E-state index contributed by atoms with van der Waals surface area (Å²) >= 11 is 5.96. The SMILES string of the molecule is Cc1ccc(CNC(=O)c2nn(Cc3ccc(Cl)cc3)c3ccccc23)nn1. The van der Waals surface area contributed by atoms with Crippen LogP contribution in [0, 0.1) is 6.92 Å². The van der Waals surface area contributed by atoms with Crippen molar-refractivity contribution in [1.82, 2.24) is 25.3 Å². The van der Waals surface area contributed by atoms with Crippen molar-refractivity contribution in [3.05, 3.63) is 88.3 Å². The van der Waals surface area contributed by atoms with Crippen molar-refractivity contribution < 1.29 is 4.79 Å². The molecule has 4 aromatic rings. The molecule has 2 aromatic heterocycles. The van der Waals surface area contributed by atoms with Gasteiger partial charge in [-0.05, 0) is 42.8 Å². The van der Waals surface area contributed by atoms with Gasteiger partial charge in [-0.15, -0.1) is 0 Å². The maximum Gasteiger partial charge on any atom is 0.272 e. The predicted octanol–water partition coefficient (Wildman–Crippen LogP) is 3.77. The van der Waals surface area contributed by atoms with Gasteiger partial charge in [-0.2, -0.15) is 15.3 Å². The van der Waals surface area contributed by atoms with Crippen LogP contribution in [0.4, 0.5) is 0 Å². The van der Waals surface area contributed by atoms with Crippen molar-refractivity contribution in [3.8, 4) is 0 Å². The molecule has 1 N–H and O–H groups in total. The zero-order valence-corrected chi connectivity index (χ0v) is 16.0. The summed E-state index contributed by atoms with van der Waals surface area (Å²) < 4.78 is 1.83. The Kier molecular flexibility index (Phi) is 5.04. The van der Waals surface area contributed by atoms with Crippen molar-refractivity contribution in [2.24, 2.45) is 0 Å². The van der Waals surface area contributed by atoms with Crippen LogP contribution in [0.15, 0.2) is 60.7 Å². The molecule has 0 aliphatic carbocycles. The highest BCUT2D eigenvalue weighted by atomic mass is 35.5. The van der Waals surface area contributed by atoms with Crippen LogP contribution in [0.2, 0.25) is 5.02 Å². The average Bonchev–Trinajstić information content (AvgIpc) is 3.08. The van der Waals surface area contributed by atoms with Gasteiger partial charge in [0.15, 0.2) is 5.69 Å². The first kappa shape index (κ1) is 18.1. The number of carbonyl (C=O) groups is 1. The normalized spacial score (nSPS) is 10.9. The summed E-state index contributed by atoms with van der Waals surface area (Å²) in [5, 5.41) is 17.0. The number of hydrogen-bond donors (Lipinski definition) is 1. The fraction of sp³-hybridized carbons (Fsp3) is 0.143. The molecule has 0 bridgehead atoms. The number of fused-ring (bicyclic) bond motifs is 1. The molecule has 2 aromatic carbocycles. The zero-order valence-electron chi connectivity index (χ0n) is 15.3. The van der Waals surface area contributed by atoms with Crippen LogP contribution in [0.5, 0.6) is 0 Å². The van der Waals surface area contributed by atoms with E-state index in [0.29, 0.717) is 29.5 Å². The topological polar surface area (TPSA) is 72.7 Å². The van der Waals surface area contributed by atoms with Crippen LogP contribution in [0.1, 0.15) is 27.4 Å². The van der Waals surface area contributed by atoms with Gasteiger partial charge in [0.1, 0.15) is 0 Å². The third kappa shape index (κ3) is 3.87. The summed E-state index contributed by atoms with van der Waals surface area (Å²) in [4.78, 5) is 12.8. The molecule has 0 aliphatic heterocycles. The molecular formula is C21H18ClN5O. The fourth-order valence-electron chi connectivity index (χ4n) is 2.95. The van der Waals surface area contributed by atoms with Gasteiger partial charge in [0, 0.05) is 10.4 Å². The van der Waals surface area contributed by atoms with E-state index in [2.05, 4.69) is 20.6 Å². The van der Waals surface area contributed by atoms with Crippen molar-refractivity contribution in [2.75, 3.05) is 0 Å². The first-order chi connectivity index (χ1) is 13.6. The minimum atomic E-state index is -0.242. The standard InChI is InChI=1S/C21H18ClN5O/c1-14-6-11-17(25-24-14)12-23-21(28)20-18-4-2-3-5-19(18)27(26-20)13-15-7-9-16(22)10-8-15/h2-11H,12-13H2,1H3,(H,23,28). The average molecular weight is 392 g/mol. The van der Waals surface area contributed by atoms with Gasteiger partial charge in [0.05, 0.1) is 30.0 Å². The van der Waals surface area contributed by atoms with E-state index in [1.54, 1.807) is 0 Å². The van der Waals surface area contributed by atoms with Crippen LogP contribution in [0.3, 0.4) is 0 Å². The first-order valence-electron chi connectivity index (χ1n) is 8.87. The second kappa shape index (κ2) is 7.78. The maximum atomic E-state index is 12.8. The third-order valence-electron chi connectivity index (χ3n) is 4.40. The van der Waals surface area contributed by atoms with E-state index in [4.69, 9.17) is 11.6 Å². The Bertz CT molecular complexity index is 1120. The molecule has 0 radical (unpaired) electrons. The van der Waals surface area contributed by atoms with Crippen molar-refractivity contribution in [1.29, 1.82) is 0 Å². The number of amides is 1. The minimum Gasteiger partial charge on any atom is -0.345 e. The number of aromatic nitrogens is 4. The van der Waals surface area contributed by atoms with Crippen molar-refractivity contribution in [2.45, 2.75) is 20.0 Å². The van der Waals surface area contributed by atoms with Gasteiger partial charge in [-0.3, -0.25) is 9.48 Å². The van der Waals surface area contributed by atoms with Crippen LogP contribution >= 0.6 is 11.6 Å². The molecule has 2 heterocycles. The molecule has 140 valence electrons. The van der Waals surface area contributed by atoms with Crippen molar-refractivity contribution >= 4 is 28.4 Å². The number of nitrogens with zero attached hydrogens (tertiary/aromatic N) is 4. The van der Waals surface area contributed by atoms with E-state index in [-0.39, 0.29) is 5.91 Å². The second-order valence-electron chi connectivity index (χ2n) is 6.50. The molecule has 0 saturated heterocycles. The van der Waals surface area contributed by atoms with Crippen LogP contribution in [0.25, 0.3) is 10.9 Å². The van der Waals surface area contributed by atoms with Gasteiger partial charge in [0.2, 0.25) is 0 Å². The lowest BCUT2D eigenvalue weighted by atomic mass is 10.2. The molecule has 4 rings (SSSR count). The lowest BCUT2D eigenvalue weighted by Crippen LogP contribution is -2.24. The number of rotatable bonds is 5. The summed E-state index contributed by atoms with van der Waals surface area (Å²) in [5.74, 6) is -0.242. The van der Waals surface area contributed by atoms with Gasteiger partial charge >= 0.3 is 0 Å². The highest BCUT2D eigenvalue weighted by Gasteiger charge is 2.17. The van der Waals surface area contributed by atoms with E-state index in [9.17, 15) is 4.79 Å². The number of hydrogen-bond acceptors (Lipinski definition) is 4. The molecule has 7 heteroatoms. The Labute approximate surface area is 167 Å². The third-order valence-corrected chi connectivity index (χ3v) is 4.65. The van der Waals surface area contributed by atoms with E-state index in [1.165, 1.54) is 0 Å². The lowest BCUT2D eigenvalue weighted by molar-refractivity contribution is 0.0946. The maximum absolute atomic E-state index is 12.8. The van der Waals surface area contributed by atoms with Crippen LogP contribution < -0.4 is 5.32 Å². The summed E-state index contributed by atoms with van der Waals surface area (Å²) in [6.07, 6.45) is 0. The van der Waals surface area contributed by atoms with Crippen LogP contribution in [-0.2, 0) is 13.1 Å². The number of halogens is 1. The molecule has 0 aliphatic rings. The molecule has 0 spiro atoms. The molecular weight excluding hydrogens is 374 g/mol. The Morgan fingerprint density at radius 1 is 1.04 bits per heavy atom. The van der Waals surface area contributed by atoms with E-state index in [0.717, 1.165) is 22.2 Å². The highest BCUT2D eigenvalue weighted by molar-refractivity contribution is 6.30. The quantitative estimate of drug-likeness (QED) is 0.562. The Morgan fingerprint density at radius 2 is 1.82 bits per heavy atom. The second-order valence-corrected chi connectivity index (χ2v) is 6.94. The first-order valence-corrected chi connectivity index (χ1v) is 9.25. The number of aryl methyl sites for hydroxylation is 1. The lowest BCUT2D eigenvalue weighted by Gasteiger charge is -2.04. The van der Waals surface area contributed by atoms with Crippen LogP contribution in [-0.4, -0.2) is 25.9 Å². The van der Waals surface area contributed by atoms with Gasteiger partial charge < -0.3 is 5.32 Å². The number of benzene rings is 2. The smallest absolute Gasteiger partial charge is 0.272 e. The number of carbonyl (C=O) groups excluding carboxylic acids is 1. The van der Waals surface area contributed by atoms with Gasteiger partial charge in [-0.25, -0.2) is 0 Å². The zero-order chi connectivity index (χ0) is 19.5.